The molecule has 7 heteroatoms. The number of hydrogen-bond acceptors (Lipinski definition) is 4. The first kappa shape index (κ1) is 25.2. The molecule has 5 nitrogen and oxygen atoms in total. The number of pyridine rings is 1. The Morgan fingerprint density at radius 1 is 1.28 bits per heavy atom. The highest BCUT2D eigenvalue weighted by atomic mass is 35.5. The van der Waals surface area contributed by atoms with Crippen LogP contribution < -0.4 is 15.4 Å². The molecule has 0 aliphatic carbocycles. The highest BCUT2D eigenvalue weighted by molar-refractivity contribution is 5.91. The van der Waals surface area contributed by atoms with Crippen molar-refractivity contribution in [3.8, 4) is 11.6 Å². The van der Waals surface area contributed by atoms with Crippen LogP contribution in [0.15, 0.2) is 36.5 Å². The molecule has 1 fully saturated rings. The summed E-state index contributed by atoms with van der Waals surface area (Å²) in [6, 6.07) is 9.56. The van der Waals surface area contributed by atoms with E-state index in [2.05, 4.69) is 22.5 Å². The molecular weight excluding hydrogens is 409 g/mol. The third-order valence-corrected chi connectivity index (χ3v) is 5.22. The second-order valence-electron chi connectivity index (χ2n) is 7.59. The molecule has 1 aliphatic heterocycles. The summed E-state index contributed by atoms with van der Waals surface area (Å²) in [5.74, 6) is 2.26. The van der Waals surface area contributed by atoms with Gasteiger partial charge in [-0.3, -0.25) is 4.79 Å². The summed E-state index contributed by atoms with van der Waals surface area (Å²) in [6.07, 6.45) is 4.67. The van der Waals surface area contributed by atoms with Crippen molar-refractivity contribution in [1.82, 2.24) is 10.3 Å². The molecule has 0 saturated carbocycles. The zero-order chi connectivity index (χ0) is 19.2. The third kappa shape index (κ3) is 7.50. The molecule has 2 atom stereocenters. The maximum atomic E-state index is 12.5. The zero-order valence-electron chi connectivity index (χ0n) is 17.2. The Hall–Kier alpha value is -1.82. The van der Waals surface area contributed by atoms with Gasteiger partial charge in [-0.1, -0.05) is 13.0 Å². The molecule has 2 unspecified atom stereocenters. The lowest BCUT2D eigenvalue weighted by Gasteiger charge is -2.28. The summed E-state index contributed by atoms with van der Waals surface area (Å²) in [5, 5.41) is 6.44. The van der Waals surface area contributed by atoms with Gasteiger partial charge in [-0.2, -0.15) is 0 Å². The first-order valence-electron chi connectivity index (χ1n) is 9.73. The maximum absolute atomic E-state index is 12.5. The van der Waals surface area contributed by atoms with E-state index in [-0.39, 0.29) is 30.7 Å². The van der Waals surface area contributed by atoms with E-state index in [4.69, 9.17) is 4.74 Å². The monoisotopic (exact) mass is 439 g/mol. The van der Waals surface area contributed by atoms with Gasteiger partial charge in [-0.25, -0.2) is 4.98 Å². The molecule has 0 bridgehead atoms. The number of carbonyl (C=O) groups excluding carboxylic acids is 1. The molecule has 29 heavy (non-hydrogen) atoms. The number of amides is 1. The summed E-state index contributed by atoms with van der Waals surface area (Å²) in [4.78, 5) is 16.7. The quantitative estimate of drug-likeness (QED) is 0.640. The van der Waals surface area contributed by atoms with Gasteiger partial charge in [-0.05, 0) is 74.9 Å². The fourth-order valence-electron chi connectivity index (χ4n) is 3.50. The van der Waals surface area contributed by atoms with Crippen LogP contribution in [0.1, 0.15) is 37.3 Å². The Kier molecular flexibility index (Phi) is 10.4. The topological polar surface area (TPSA) is 63.2 Å². The van der Waals surface area contributed by atoms with Gasteiger partial charge in [0.1, 0.15) is 5.75 Å². The Morgan fingerprint density at radius 3 is 2.76 bits per heavy atom. The van der Waals surface area contributed by atoms with Crippen molar-refractivity contribution in [3.05, 3.63) is 47.7 Å². The van der Waals surface area contributed by atoms with Gasteiger partial charge in [0.05, 0.1) is 0 Å². The van der Waals surface area contributed by atoms with Gasteiger partial charge in [-0.15, -0.1) is 24.8 Å². The highest BCUT2D eigenvalue weighted by Gasteiger charge is 2.22. The molecule has 160 valence electrons. The van der Waals surface area contributed by atoms with Crippen molar-refractivity contribution < 1.29 is 9.53 Å². The van der Waals surface area contributed by atoms with Crippen molar-refractivity contribution in [3.63, 3.8) is 0 Å². The Balaban J connectivity index is 0.00000210. The SMILES string of the molecule is Cc1ccnc(Oc2cc(NC(=O)CC(C)C3CCCNC3)ccc2C)c1.Cl.Cl. The minimum absolute atomic E-state index is 0. The molecule has 1 amide bonds. The second kappa shape index (κ2) is 12.0. The van der Waals surface area contributed by atoms with E-state index in [9.17, 15) is 4.79 Å². The second-order valence-corrected chi connectivity index (χ2v) is 7.59. The number of aromatic nitrogens is 1. The number of nitrogens with one attached hydrogen (secondary N) is 2. The number of rotatable bonds is 6. The van der Waals surface area contributed by atoms with E-state index >= 15 is 0 Å². The minimum Gasteiger partial charge on any atom is -0.439 e. The highest BCUT2D eigenvalue weighted by Crippen LogP contribution is 2.28. The van der Waals surface area contributed by atoms with Crippen LogP contribution in [0, 0.1) is 25.7 Å². The first-order valence-corrected chi connectivity index (χ1v) is 9.73. The van der Waals surface area contributed by atoms with Gasteiger partial charge in [0.25, 0.3) is 0 Å². The Morgan fingerprint density at radius 2 is 2.07 bits per heavy atom. The number of anilines is 1. The van der Waals surface area contributed by atoms with Gasteiger partial charge < -0.3 is 15.4 Å². The standard InChI is InChI=1S/C22H29N3O2.2ClH/c1-15-8-10-24-22(11-15)27-20-13-19(7-6-16(20)2)25-21(26)12-17(3)18-5-4-9-23-14-18;;/h6-8,10-11,13,17-18,23H,4-5,9,12,14H2,1-3H3,(H,25,26);2*1H. The summed E-state index contributed by atoms with van der Waals surface area (Å²) in [7, 11) is 0. The van der Waals surface area contributed by atoms with E-state index in [0.717, 1.165) is 29.9 Å². The van der Waals surface area contributed by atoms with Crippen LogP contribution in [-0.4, -0.2) is 24.0 Å². The molecule has 1 aliphatic rings. The predicted molar refractivity (Wildman–Crippen MR) is 123 cm³/mol. The number of hydrogen-bond donors (Lipinski definition) is 2. The minimum atomic E-state index is 0. The molecule has 1 saturated heterocycles. The number of nitrogens with zero attached hydrogens (tertiary/aromatic N) is 1. The molecule has 1 aromatic carbocycles. The number of ether oxygens (including phenoxy) is 1. The molecule has 2 aromatic rings. The normalized spacial score (nSPS) is 16.7. The molecule has 2 heterocycles. The Bertz CT molecular complexity index is 795. The van der Waals surface area contributed by atoms with E-state index in [1.54, 1.807) is 6.20 Å². The van der Waals surface area contributed by atoms with E-state index in [0.29, 0.717) is 29.9 Å². The summed E-state index contributed by atoms with van der Waals surface area (Å²) < 4.78 is 5.92. The Labute approximate surface area is 185 Å². The van der Waals surface area contributed by atoms with Crippen molar-refractivity contribution in [2.75, 3.05) is 18.4 Å². The van der Waals surface area contributed by atoms with Crippen LogP contribution in [-0.2, 0) is 4.79 Å². The fourth-order valence-corrected chi connectivity index (χ4v) is 3.50. The zero-order valence-corrected chi connectivity index (χ0v) is 18.9. The molecule has 0 radical (unpaired) electrons. The number of benzene rings is 1. The van der Waals surface area contributed by atoms with Crippen molar-refractivity contribution in [1.29, 1.82) is 0 Å². The van der Waals surface area contributed by atoms with Gasteiger partial charge in [0.15, 0.2) is 0 Å². The number of piperidine rings is 1. The molecule has 1 aromatic heterocycles. The van der Waals surface area contributed by atoms with Gasteiger partial charge in [0.2, 0.25) is 11.8 Å². The van der Waals surface area contributed by atoms with Crippen LogP contribution in [0.2, 0.25) is 0 Å². The molecule has 3 rings (SSSR count). The van der Waals surface area contributed by atoms with Crippen molar-refractivity contribution >= 4 is 36.4 Å². The predicted octanol–water partition coefficient (Wildman–Crippen LogP) is 5.30. The lowest BCUT2D eigenvalue weighted by molar-refractivity contribution is -0.117. The van der Waals surface area contributed by atoms with Crippen LogP contribution in [0.4, 0.5) is 5.69 Å². The van der Waals surface area contributed by atoms with E-state index < -0.39 is 0 Å². The largest absolute Gasteiger partial charge is 0.439 e. The fraction of sp³-hybridized carbons (Fsp3) is 0.455. The smallest absolute Gasteiger partial charge is 0.224 e. The van der Waals surface area contributed by atoms with Crippen molar-refractivity contribution in [2.24, 2.45) is 11.8 Å². The van der Waals surface area contributed by atoms with E-state index in [1.165, 1.54) is 12.8 Å². The van der Waals surface area contributed by atoms with Gasteiger partial charge in [0, 0.05) is 30.4 Å². The van der Waals surface area contributed by atoms with E-state index in [1.807, 2.05) is 44.2 Å². The number of carbonyl (C=O) groups is 1. The average Bonchev–Trinajstić information content (AvgIpc) is 2.65. The average molecular weight is 440 g/mol. The lowest BCUT2D eigenvalue weighted by Crippen LogP contribution is -2.34. The molecular formula is C22H31Cl2N3O2. The summed E-state index contributed by atoms with van der Waals surface area (Å²) in [6.45, 7) is 8.26. The maximum Gasteiger partial charge on any atom is 0.224 e. The third-order valence-electron chi connectivity index (χ3n) is 5.22. The van der Waals surface area contributed by atoms with Crippen LogP contribution in [0.3, 0.4) is 0 Å². The van der Waals surface area contributed by atoms with Crippen LogP contribution in [0.25, 0.3) is 0 Å². The summed E-state index contributed by atoms with van der Waals surface area (Å²) >= 11 is 0. The molecule has 0 spiro atoms. The van der Waals surface area contributed by atoms with Crippen molar-refractivity contribution in [2.45, 2.75) is 40.0 Å². The first-order chi connectivity index (χ1) is 13.0. The number of halogens is 2. The van der Waals surface area contributed by atoms with Crippen LogP contribution in [0.5, 0.6) is 11.6 Å². The molecule has 2 N–H and O–H groups in total. The van der Waals surface area contributed by atoms with Crippen LogP contribution >= 0.6 is 24.8 Å². The lowest BCUT2D eigenvalue weighted by atomic mass is 9.85. The summed E-state index contributed by atoms with van der Waals surface area (Å²) in [5.41, 5.74) is 2.84. The number of aryl methyl sites for hydroxylation is 2. The van der Waals surface area contributed by atoms with Gasteiger partial charge >= 0.3 is 0 Å².